The van der Waals surface area contributed by atoms with Crippen LogP contribution in [0.4, 0.5) is 4.39 Å². The maximum absolute atomic E-state index is 12.8. The predicted molar refractivity (Wildman–Crippen MR) is 49.3 cm³/mol. The zero-order valence-corrected chi connectivity index (χ0v) is 7.81. The highest BCUT2D eigenvalue weighted by atomic mass is 35.5. The lowest BCUT2D eigenvalue weighted by Gasteiger charge is -2.08. The van der Waals surface area contributed by atoms with Crippen molar-refractivity contribution in [1.29, 1.82) is 0 Å². The minimum absolute atomic E-state index is 0.302. The first-order chi connectivity index (χ1) is 6.09. The van der Waals surface area contributed by atoms with E-state index in [1.165, 1.54) is 18.2 Å². The zero-order valence-electron chi connectivity index (χ0n) is 7.06. The van der Waals surface area contributed by atoms with Crippen LogP contribution >= 0.6 is 11.6 Å². The quantitative estimate of drug-likeness (QED) is 0.778. The van der Waals surface area contributed by atoms with Crippen molar-refractivity contribution in [3.63, 3.8) is 0 Å². The van der Waals surface area contributed by atoms with Crippen molar-refractivity contribution in [2.24, 2.45) is 0 Å². The molecule has 1 aliphatic carbocycles. The van der Waals surface area contributed by atoms with Gasteiger partial charge in [0.05, 0.1) is 5.60 Å². The summed E-state index contributed by atoms with van der Waals surface area (Å²) in [6, 6.07) is 4.24. The summed E-state index contributed by atoms with van der Waals surface area (Å²) in [4.78, 5) is 0. The summed E-state index contributed by atoms with van der Waals surface area (Å²) < 4.78 is 12.8. The van der Waals surface area contributed by atoms with Gasteiger partial charge in [-0.2, -0.15) is 0 Å². The standard InChI is InChI=1S/C10H10ClFO/c11-9-2-1-8(12)5-7(9)6-10(13)3-4-10/h1-2,5,13H,3-4,6H2. The largest absolute Gasteiger partial charge is 0.390 e. The summed E-state index contributed by atoms with van der Waals surface area (Å²) in [7, 11) is 0. The van der Waals surface area contributed by atoms with Crippen molar-refractivity contribution >= 4 is 11.6 Å². The monoisotopic (exact) mass is 200 g/mol. The van der Waals surface area contributed by atoms with Crippen LogP contribution in [0.3, 0.4) is 0 Å². The van der Waals surface area contributed by atoms with Gasteiger partial charge in [0.25, 0.3) is 0 Å². The Hall–Kier alpha value is -0.600. The molecule has 1 aromatic carbocycles. The molecule has 0 amide bonds. The van der Waals surface area contributed by atoms with Crippen LogP contribution in [0.15, 0.2) is 18.2 Å². The van der Waals surface area contributed by atoms with Crippen molar-refractivity contribution in [2.75, 3.05) is 0 Å². The Kier molecular flexibility index (Phi) is 2.05. The average Bonchev–Trinajstić information content (AvgIpc) is 2.76. The second kappa shape index (κ2) is 2.96. The molecule has 13 heavy (non-hydrogen) atoms. The van der Waals surface area contributed by atoms with Gasteiger partial charge in [-0.1, -0.05) is 11.6 Å². The number of aliphatic hydroxyl groups is 1. The van der Waals surface area contributed by atoms with Crippen molar-refractivity contribution in [3.8, 4) is 0 Å². The SMILES string of the molecule is OC1(Cc2cc(F)ccc2Cl)CC1. The summed E-state index contributed by atoms with van der Waals surface area (Å²) in [5.41, 5.74) is 0.0823. The van der Waals surface area contributed by atoms with Gasteiger partial charge < -0.3 is 5.11 Å². The van der Waals surface area contributed by atoms with E-state index in [0.29, 0.717) is 17.0 Å². The van der Waals surface area contributed by atoms with Crippen LogP contribution in [0.1, 0.15) is 18.4 Å². The minimum atomic E-state index is -0.614. The lowest BCUT2D eigenvalue weighted by Crippen LogP contribution is -2.11. The molecule has 0 heterocycles. The van der Waals surface area contributed by atoms with Gasteiger partial charge in [-0.3, -0.25) is 0 Å². The van der Waals surface area contributed by atoms with Gasteiger partial charge in [-0.15, -0.1) is 0 Å². The molecule has 0 spiro atoms. The molecule has 0 aliphatic heterocycles. The molecule has 0 aromatic heterocycles. The molecule has 1 N–H and O–H groups in total. The molecule has 0 bridgehead atoms. The van der Waals surface area contributed by atoms with Crippen LogP contribution in [0.5, 0.6) is 0 Å². The Labute approximate surface area is 81.1 Å². The third-order valence-corrected chi connectivity index (χ3v) is 2.72. The van der Waals surface area contributed by atoms with Gasteiger partial charge in [-0.05, 0) is 36.6 Å². The Balaban J connectivity index is 2.23. The highest BCUT2D eigenvalue weighted by molar-refractivity contribution is 6.31. The maximum Gasteiger partial charge on any atom is 0.123 e. The molecular weight excluding hydrogens is 191 g/mol. The van der Waals surface area contributed by atoms with E-state index >= 15 is 0 Å². The van der Waals surface area contributed by atoms with E-state index in [4.69, 9.17) is 11.6 Å². The summed E-state index contributed by atoms with van der Waals surface area (Å²) in [6.07, 6.45) is 2.04. The molecule has 70 valence electrons. The molecule has 1 saturated carbocycles. The first-order valence-corrected chi connectivity index (χ1v) is 4.63. The Morgan fingerprint density at radius 3 is 2.77 bits per heavy atom. The normalized spacial score (nSPS) is 18.7. The van der Waals surface area contributed by atoms with Gasteiger partial charge in [0.1, 0.15) is 5.82 Å². The molecule has 0 radical (unpaired) electrons. The highest BCUT2D eigenvalue weighted by Gasteiger charge is 2.40. The molecule has 1 nitrogen and oxygen atoms in total. The Morgan fingerprint density at radius 1 is 1.46 bits per heavy atom. The van der Waals surface area contributed by atoms with Crippen LogP contribution in [0.2, 0.25) is 5.02 Å². The van der Waals surface area contributed by atoms with Crippen LogP contribution in [-0.4, -0.2) is 10.7 Å². The topological polar surface area (TPSA) is 20.2 Å². The number of hydrogen-bond donors (Lipinski definition) is 1. The molecule has 0 unspecified atom stereocenters. The van der Waals surface area contributed by atoms with Crippen molar-refractivity contribution in [2.45, 2.75) is 24.9 Å². The average molecular weight is 201 g/mol. The van der Waals surface area contributed by atoms with E-state index in [2.05, 4.69) is 0 Å². The molecule has 0 saturated heterocycles. The number of halogens is 2. The van der Waals surface area contributed by atoms with Crippen LogP contribution in [0.25, 0.3) is 0 Å². The lowest BCUT2D eigenvalue weighted by atomic mass is 10.1. The molecule has 3 heteroatoms. The van der Waals surface area contributed by atoms with Crippen LogP contribution in [-0.2, 0) is 6.42 Å². The van der Waals surface area contributed by atoms with Crippen LogP contribution in [0, 0.1) is 5.82 Å². The predicted octanol–water partition coefficient (Wildman–Crippen LogP) is 2.55. The van der Waals surface area contributed by atoms with Crippen molar-refractivity contribution in [3.05, 3.63) is 34.6 Å². The smallest absolute Gasteiger partial charge is 0.123 e. The molecule has 1 aliphatic rings. The van der Waals surface area contributed by atoms with Gasteiger partial charge >= 0.3 is 0 Å². The fourth-order valence-electron chi connectivity index (χ4n) is 1.35. The molecule has 0 atom stereocenters. The Bertz CT molecular complexity index is 334. The minimum Gasteiger partial charge on any atom is -0.390 e. The Morgan fingerprint density at radius 2 is 2.15 bits per heavy atom. The maximum atomic E-state index is 12.8. The van der Waals surface area contributed by atoms with Crippen LogP contribution < -0.4 is 0 Å². The first-order valence-electron chi connectivity index (χ1n) is 4.25. The third-order valence-electron chi connectivity index (χ3n) is 2.35. The molecule has 1 fully saturated rings. The summed E-state index contributed by atoms with van der Waals surface area (Å²) in [5, 5.41) is 10.1. The van der Waals surface area contributed by atoms with E-state index in [0.717, 1.165) is 12.8 Å². The highest BCUT2D eigenvalue weighted by Crippen LogP contribution is 2.39. The number of rotatable bonds is 2. The number of hydrogen-bond acceptors (Lipinski definition) is 1. The second-order valence-corrected chi connectivity index (χ2v) is 4.04. The molecule has 1 aromatic rings. The number of benzene rings is 1. The van der Waals surface area contributed by atoms with E-state index < -0.39 is 5.60 Å². The van der Waals surface area contributed by atoms with Gasteiger partial charge in [0.2, 0.25) is 0 Å². The summed E-state index contributed by atoms with van der Waals surface area (Å²) in [6.45, 7) is 0. The van der Waals surface area contributed by atoms with Gasteiger partial charge in [-0.25, -0.2) is 4.39 Å². The lowest BCUT2D eigenvalue weighted by molar-refractivity contribution is 0.151. The summed E-state index contributed by atoms with van der Waals surface area (Å²) in [5.74, 6) is -0.302. The second-order valence-electron chi connectivity index (χ2n) is 3.64. The van der Waals surface area contributed by atoms with E-state index in [1.807, 2.05) is 0 Å². The van der Waals surface area contributed by atoms with Crippen molar-refractivity contribution < 1.29 is 9.50 Å². The van der Waals surface area contributed by atoms with E-state index in [9.17, 15) is 9.50 Å². The summed E-state index contributed by atoms with van der Waals surface area (Å²) >= 11 is 5.85. The first kappa shape index (κ1) is 8.97. The van der Waals surface area contributed by atoms with Crippen molar-refractivity contribution in [1.82, 2.24) is 0 Å². The zero-order chi connectivity index (χ0) is 9.47. The molecule has 2 rings (SSSR count). The van der Waals surface area contributed by atoms with Gasteiger partial charge in [0, 0.05) is 11.4 Å². The molecular formula is C10H10ClFO. The van der Waals surface area contributed by atoms with E-state index in [-0.39, 0.29) is 5.82 Å². The fourth-order valence-corrected chi connectivity index (χ4v) is 1.54. The third kappa shape index (κ3) is 2.01. The van der Waals surface area contributed by atoms with E-state index in [1.54, 1.807) is 0 Å². The van der Waals surface area contributed by atoms with Gasteiger partial charge in [0.15, 0.2) is 0 Å². The fraction of sp³-hybridized carbons (Fsp3) is 0.400.